The molecule has 4 aromatic rings. The van der Waals surface area contributed by atoms with Crippen LogP contribution in [0.5, 0.6) is 17.2 Å². The Hall–Kier alpha value is -5.45. The molecule has 3 aliphatic heterocycles. The minimum Gasteiger partial charge on any atom is -0.494 e. The van der Waals surface area contributed by atoms with Gasteiger partial charge in [0.2, 0.25) is 5.89 Å². The Balaban J connectivity index is 1.46. The largest absolute Gasteiger partial charge is 0.494 e. The fourth-order valence-electron chi connectivity index (χ4n) is 10.7. The van der Waals surface area contributed by atoms with Crippen molar-refractivity contribution in [3.05, 3.63) is 82.0 Å². The number of fused-ring (bicyclic) bond motifs is 2. The van der Waals surface area contributed by atoms with E-state index < -0.39 is 77.3 Å². The third kappa shape index (κ3) is 10.4. The van der Waals surface area contributed by atoms with Crippen molar-refractivity contribution in [3.63, 3.8) is 0 Å². The number of carbonyl (C=O) groups excluding carboxylic acids is 2. The average Bonchev–Trinajstić information content (AvgIpc) is 3.88. The Bertz CT molecular complexity index is 2760. The molecule has 4 heterocycles. The van der Waals surface area contributed by atoms with E-state index in [1.165, 1.54) is 42.5 Å². The maximum atomic E-state index is 14.0. The van der Waals surface area contributed by atoms with Gasteiger partial charge in [-0.1, -0.05) is 63.6 Å². The van der Waals surface area contributed by atoms with Gasteiger partial charge in [-0.2, -0.15) is 0 Å². The van der Waals surface area contributed by atoms with Gasteiger partial charge < -0.3 is 53.1 Å². The number of methoxy groups -OCH3 is 2. The molecule has 1 fully saturated rings. The fraction of sp³-hybridized carbons (Fsp3) is 0.561. The summed E-state index contributed by atoms with van der Waals surface area (Å²) in [7, 11) is 3.09. The first-order chi connectivity index (χ1) is 33.8. The number of benzene rings is 3. The molecule has 0 spiro atoms. The first kappa shape index (κ1) is 54.3. The number of nitrogens with zero attached hydrogens (tertiary/aromatic N) is 3. The second kappa shape index (κ2) is 21.2. The van der Waals surface area contributed by atoms with Crippen LogP contribution in [0, 0.1) is 56.8 Å². The zero-order valence-electron chi connectivity index (χ0n) is 45.1. The molecular weight excluding hydrogens is 919 g/mol. The van der Waals surface area contributed by atoms with Crippen LogP contribution in [-0.4, -0.2) is 108 Å². The van der Waals surface area contributed by atoms with E-state index in [2.05, 4.69) is 42.7 Å². The monoisotopic (exact) mass is 996 g/mol. The van der Waals surface area contributed by atoms with Crippen molar-refractivity contribution in [2.24, 2.45) is 29.1 Å². The number of piperazine rings is 1. The summed E-state index contributed by atoms with van der Waals surface area (Å²) in [6.45, 7) is 29.1. The van der Waals surface area contributed by atoms with Crippen LogP contribution < -0.4 is 19.1 Å². The Labute approximate surface area is 424 Å². The van der Waals surface area contributed by atoms with E-state index >= 15 is 0 Å². The predicted molar refractivity (Wildman–Crippen MR) is 278 cm³/mol. The maximum Gasteiger partial charge on any atom is 0.316 e. The van der Waals surface area contributed by atoms with Crippen molar-refractivity contribution in [1.29, 1.82) is 0 Å². The van der Waals surface area contributed by atoms with Crippen LogP contribution in [0.1, 0.15) is 115 Å². The number of aryl methyl sites for hydroxylation is 3. The minimum absolute atomic E-state index is 0.163. The summed E-state index contributed by atoms with van der Waals surface area (Å²) in [5, 5.41) is 36.9. The van der Waals surface area contributed by atoms with Crippen LogP contribution in [0.4, 0.5) is 5.69 Å². The number of esters is 2. The van der Waals surface area contributed by atoms with Gasteiger partial charge in [-0.15, -0.1) is 0 Å². The zero-order chi connectivity index (χ0) is 52.9. The van der Waals surface area contributed by atoms with Crippen molar-refractivity contribution < 1.29 is 57.7 Å². The molecule has 0 aliphatic carbocycles. The predicted octanol–water partition coefficient (Wildman–Crippen LogP) is 9.36. The summed E-state index contributed by atoms with van der Waals surface area (Å²) in [4.78, 5) is 36.5. The molecule has 15 nitrogen and oxygen atoms in total. The van der Waals surface area contributed by atoms with E-state index in [1.807, 2.05) is 39.0 Å². The van der Waals surface area contributed by atoms with Crippen LogP contribution in [0.15, 0.2) is 47.1 Å². The molecule has 7 rings (SSSR count). The topological polar surface area (TPSA) is 183 Å². The van der Waals surface area contributed by atoms with E-state index in [0.29, 0.717) is 69.0 Å². The fourth-order valence-corrected chi connectivity index (χ4v) is 10.7. The van der Waals surface area contributed by atoms with Crippen LogP contribution in [-0.2, 0) is 30.3 Å². The third-order valence-corrected chi connectivity index (χ3v) is 15.1. The second-order valence-corrected chi connectivity index (χ2v) is 21.7. The van der Waals surface area contributed by atoms with E-state index in [1.54, 1.807) is 61.7 Å². The number of ether oxygens (including phenoxy) is 6. The van der Waals surface area contributed by atoms with Crippen LogP contribution in [0.25, 0.3) is 27.4 Å². The molecule has 15 heteroatoms. The summed E-state index contributed by atoms with van der Waals surface area (Å²) in [5.41, 5.74) is 7.05. The normalized spacial score (nSPS) is 29.3. The van der Waals surface area contributed by atoms with Crippen molar-refractivity contribution in [2.45, 2.75) is 140 Å². The van der Waals surface area contributed by atoms with Crippen molar-refractivity contribution in [2.75, 3.05) is 45.3 Å². The van der Waals surface area contributed by atoms with Crippen molar-refractivity contribution in [1.82, 2.24) is 9.88 Å². The summed E-state index contributed by atoms with van der Waals surface area (Å²) in [5.74, 6) is -3.91. The number of oxazole rings is 1. The number of anilines is 1. The summed E-state index contributed by atoms with van der Waals surface area (Å²) >= 11 is 0. The molecule has 3 aromatic carbocycles. The molecular formula is C57H77N3O12. The number of aliphatic hydroxyl groups is 3. The number of aromatic nitrogens is 1. The molecule has 10 atom stereocenters. The number of rotatable bonds is 7. The minimum atomic E-state index is -1.75. The van der Waals surface area contributed by atoms with Gasteiger partial charge in [0.05, 0.1) is 42.5 Å². The highest BCUT2D eigenvalue weighted by molar-refractivity contribution is 6.19. The molecule has 1 saturated heterocycles. The van der Waals surface area contributed by atoms with Gasteiger partial charge in [-0.3, -0.25) is 14.5 Å². The van der Waals surface area contributed by atoms with E-state index in [-0.39, 0.29) is 11.5 Å². The standard InChI is InChI=1S/C57H77N3O12/c1-29-26-32(4)39(33(5)27-29)28-59-21-23-60(24-22-59)45-44-51-42-41(52(45)67-16)43-50(37(9)49(42)71-55(65)56(11,12)13)72-57(14,53(43)64)68-25-20-40(66-15)34(6)48(69-38(10)61)36(8)47(63)35(7)46(62)30(2)18-17-19-31(3)54(58-44)70-51/h17-20,25-27,30,34-36,40,46-48,53,62-64H,21-24,28H2,1-16H3/b18-17-,25-20-,31-19-/t30?,34-,35-,36?,40+,46+,47-,48-,53-,57+/m1/s1. The summed E-state index contributed by atoms with van der Waals surface area (Å²) in [6.07, 6.45) is 3.49. The van der Waals surface area contributed by atoms with Crippen LogP contribution >= 0.6 is 0 Å². The zero-order valence-corrected chi connectivity index (χ0v) is 45.1. The lowest BCUT2D eigenvalue weighted by Gasteiger charge is -2.38. The van der Waals surface area contributed by atoms with Gasteiger partial charge >= 0.3 is 11.9 Å². The van der Waals surface area contributed by atoms with E-state index in [4.69, 9.17) is 37.8 Å². The number of hydrogen-bond acceptors (Lipinski definition) is 15. The molecule has 3 aliphatic rings. The molecule has 1 aromatic heterocycles. The average molecular weight is 996 g/mol. The molecule has 0 radical (unpaired) electrons. The van der Waals surface area contributed by atoms with Gasteiger partial charge in [-0.05, 0) is 78.2 Å². The van der Waals surface area contributed by atoms with Gasteiger partial charge in [0.25, 0.3) is 5.79 Å². The molecule has 3 N–H and O–H groups in total. The van der Waals surface area contributed by atoms with Crippen molar-refractivity contribution in [3.8, 4) is 17.2 Å². The van der Waals surface area contributed by atoms with Gasteiger partial charge in [0, 0.05) is 99.4 Å². The highest BCUT2D eigenvalue weighted by Crippen LogP contribution is 2.59. The molecule has 0 saturated carbocycles. The Morgan fingerprint density at radius 2 is 1.53 bits per heavy atom. The Kier molecular flexibility index (Phi) is 16.0. The number of hydrogen-bond donors (Lipinski definition) is 3. The van der Waals surface area contributed by atoms with E-state index in [0.717, 1.165) is 19.6 Å². The van der Waals surface area contributed by atoms with Crippen LogP contribution in [0.2, 0.25) is 0 Å². The molecule has 392 valence electrons. The lowest BCUT2D eigenvalue weighted by Crippen LogP contribution is -2.46. The molecule has 2 unspecified atom stereocenters. The third-order valence-electron chi connectivity index (χ3n) is 15.1. The highest BCUT2D eigenvalue weighted by Gasteiger charge is 2.51. The number of allylic oxidation sites excluding steroid dienone is 3. The highest BCUT2D eigenvalue weighted by atomic mass is 16.7. The summed E-state index contributed by atoms with van der Waals surface area (Å²) < 4.78 is 44.8. The SMILES string of the molecule is COc1c(N2CCN(Cc3c(C)cc(C)cc3C)CC2)c2nc3oc2c2c(OC(=O)C(C)(C)C)c(C)c4c(c12)[C@@H](O)[C@@](C)(O/C=C\[C@H](OC)[C@@H](C)[C@@H](OC(C)=O)C(C)[C@H](O)[C@H](C)[C@@H](O)C(C)/C=C\C=C/3C)O4. The lowest BCUT2D eigenvalue weighted by molar-refractivity contribution is -0.181. The smallest absolute Gasteiger partial charge is 0.316 e. The van der Waals surface area contributed by atoms with Gasteiger partial charge in [-0.25, -0.2) is 4.98 Å². The molecule has 72 heavy (non-hydrogen) atoms. The number of aliphatic hydroxyl groups excluding tert-OH is 3. The van der Waals surface area contributed by atoms with E-state index in [9.17, 15) is 24.9 Å². The maximum absolute atomic E-state index is 14.0. The lowest BCUT2D eigenvalue weighted by atomic mass is 9.78. The Morgan fingerprint density at radius 1 is 0.875 bits per heavy atom. The number of carbonyl (C=O) groups is 2. The van der Waals surface area contributed by atoms with Gasteiger partial charge in [0.15, 0.2) is 17.4 Å². The quantitative estimate of drug-likeness (QED) is 0.118. The molecule has 6 bridgehead atoms. The van der Waals surface area contributed by atoms with Crippen LogP contribution in [0.3, 0.4) is 0 Å². The second-order valence-electron chi connectivity index (χ2n) is 21.7. The summed E-state index contributed by atoms with van der Waals surface area (Å²) in [6, 6.07) is 4.47. The Morgan fingerprint density at radius 3 is 2.12 bits per heavy atom. The first-order valence-corrected chi connectivity index (χ1v) is 25.2. The molecule has 0 amide bonds. The van der Waals surface area contributed by atoms with Gasteiger partial charge in [0.1, 0.15) is 28.8 Å². The first-order valence-electron chi connectivity index (χ1n) is 25.2. The van der Waals surface area contributed by atoms with Crippen molar-refractivity contribution >= 4 is 45.1 Å².